The quantitative estimate of drug-likeness (QED) is 0.180. The van der Waals surface area contributed by atoms with Crippen LogP contribution in [0.25, 0.3) is 17.2 Å². The molecule has 3 aromatic rings. The Hall–Kier alpha value is -4.66. The highest BCUT2D eigenvalue weighted by Gasteiger charge is 2.18. The standard InChI is InChI=1S/C21H19N5O7/c1-23-16(9-10-17(27)33-4)22-19-18(23)20(28)24(2)21(29)25(19)11-5-6-13-12-14(32-3)7-8-15(13)26(30)31/h7-10,12H,11H2,1-4H3/b10-9+. The van der Waals surface area contributed by atoms with Crippen molar-refractivity contribution in [1.82, 2.24) is 18.7 Å². The number of hydrogen-bond donors (Lipinski definition) is 0. The van der Waals surface area contributed by atoms with Gasteiger partial charge in [-0.25, -0.2) is 14.6 Å². The summed E-state index contributed by atoms with van der Waals surface area (Å²) in [4.78, 5) is 51.8. The van der Waals surface area contributed by atoms with Crippen molar-refractivity contribution >= 4 is 28.9 Å². The third kappa shape index (κ3) is 4.38. The largest absolute Gasteiger partial charge is 0.497 e. The predicted molar refractivity (Wildman–Crippen MR) is 118 cm³/mol. The molecule has 0 aliphatic carbocycles. The second-order valence-corrected chi connectivity index (χ2v) is 6.73. The van der Waals surface area contributed by atoms with Gasteiger partial charge in [0.15, 0.2) is 11.2 Å². The van der Waals surface area contributed by atoms with Crippen LogP contribution in [0.5, 0.6) is 5.75 Å². The van der Waals surface area contributed by atoms with E-state index in [9.17, 15) is 24.5 Å². The number of nitro benzene ring substituents is 1. The number of ether oxygens (including phenoxy) is 2. The van der Waals surface area contributed by atoms with Gasteiger partial charge in [-0.2, -0.15) is 0 Å². The van der Waals surface area contributed by atoms with Gasteiger partial charge < -0.3 is 14.0 Å². The van der Waals surface area contributed by atoms with E-state index in [1.807, 2.05) is 0 Å². The van der Waals surface area contributed by atoms with Gasteiger partial charge in [0.2, 0.25) is 0 Å². The zero-order valence-electron chi connectivity index (χ0n) is 18.2. The van der Waals surface area contributed by atoms with Gasteiger partial charge in [-0.15, -0.1) is 0 Å². The van der Waals surface area contributed by atoms with Crippen molar-refractivity contribution < 1.29 is 19.2 Å². The van der Waals surface area contributed by atoms with E-state index in [0.717, 1.165) is 10.6 Å². The summed E-state index contributed by atoms with van der Waals surface area (Å²) < 4.78 is 13.2. The van der Waals surface area contributed by atoms with Gasteiger partial charge in [-0.1, -0.05) is 11.8 Å². The van der Waals surface area contributed by atoms with E-state index < -0.39 is 22.1 Å². The minimum Gasteiger partial charge on any atom is -0.497 e. The first-order valence-corrected chi connectivity index (χ1v) is 9.43. The summed E-state index contributed by atoms with van der Waals surface area (Å²) >= 11 is 0. The molecule has 1 aromatic carbocycles. The van der Waals surface area contributed by atoms with Crippen molar-refractivity contribution in [2.75, 3.05) is 14.2 Å². The molecule has 0 amide bonds. The number of nitrogens with zero attached hydrogens (tertiary/aromatic N) is 5. The van der Waals surface area contributed by atoms with E-state index in [4.69, 9.17) is 4.74 Å². The molecule has 0 radical (unpaired) electrons. The van der Waals surface area contributed by atoms with E-state index in [1.54, 1.807) is 7.05 Å². The topological polar surface area (TPSA) is 140 Å². The zero-order valence-corrected chi connectivity index (χ0v) is 18.2. The van der Waals surface area contributed by atoms with Crippen LogP contribution in [0.15, 0.2) is 33.9 Å². The lowest BCUT2D eigenvalue weighted by Crippen LogP contribution is -2.38. The van der Waals surface area contributed by atoms with Crippen LogP contribution in [0, 0.1) is 22.0 Å². The molecule has 0 spiro atoms. The van der Waals surface area contributed by atoms with Crippen LogP contribution in [0.4, 0.5) is 5.69 Å². The normalized spacial score (nSPS) is 10.8. The number of rotatable bonds is 5. The molecule has 12 nitrogen and oxygen atoms in total. The van der Waals surface area contributed by atoms with Crippen molar-refractivity contribution in [2.45, 2.75) is 6.54 Å². The first-order chi connectivity index (χ1) is 15.7. The number of fused-ring (bicyclic) bond motifs is 1. The maximum atomic E-state index is 12.7. The van der Waals surface area contributed by atoms with Crippen LogP contribution in [-0.4, -0.2) is 43.8 Å². The van der Waals surface area contributed by atoms with E-state index >= 15 is 0 Å². The number of benzene rings is 1. The average molecular weight is 453 g/mol. The molecule has 0 unspecified atom stereocenters. The van der Waals surface area contributed by atoms with Crippen LogP contribution in [-0.2, 0) is 30.2 Å². The Labute approximate surface area is 186 Å². The second kappa shape index (κ2) is 9.23. The molecule has 0 N–H and O–H groups in total. The Kier molecular flexibility index (Phi) is 6.43. The Balaban J connectivity index is 2.14. The fourth-order valence-corrected chi connectivity index (χ4v) is 3.06. The molecule has 0 fully saturated rings. The summed E-state index contributed by atoms with van der Waals surface area (Å²) in [6.45, 7) is -0.199. The van der Waals surface area contributed by atoms with Gasteiger partial charge in [0.25, 0.3) is 11.2 Å². The van der Waals surface area contributed by atoms with Gasteiger partial charge in [0.1, 0.15) is 17.1 Å². The summed E-state index contributed by atoms with van der Waals surface area (Å²) in [5, 5.41) is 11.3. The number of imidazole rings is 1. The fraction of sp³-hybridized carbons (Fsp3) is 0.238. The van der Waals surface area contributed by atoms with Gasteiger partial charge in [-0.05, 0) is 12.1 Å². The van der Waals surface area contributed by atoms with Crippen molar-refractivity contribution in [2.24, 2.45) is 14.1 Å². The molecule has 33 heavy (non-hydrogen) atoms. The van der Waals surface area contributed by atoms with Crippen LogP contribution in [0.1, 0.15) is 11.4 Å². The molecule has 0 aliphatic heterocycles. The lowest BCUT2D eigenvalue weighted by Gasteiger charge is -2.06. The Morgan fingerprint density at radius 2 is 1.97 bits per heavy atom. The van der Waals surface area contributed by atoms with Crippen LogP contribution in [0.2, 0.25) is 0 Å². The number of esters is 1. The fourth-order valence-electron chi connectivity index (χ4n) is 3.06. The number of aryl methyl sites for hydroxylation is 1. The molecule has 3 rings (SSSR count). The second-order valence-electron chi connectivity index (χ2n) is 6.73. The SMILES string of the molecule is COC(=O)/C=C/c1nc2c(c(=O)n(C)c(=O)n2CC#Cc2cc(OC)ccc2[N+](=O)[O-])n1C. The lowest BCUT2D eigenvalue weighted by atomic mass is 10.1. The van der Waals surface area contributed by atoms with Crippen LogP contribution in [0.3, 0.4) is 0 Å². The van der Waals surface area contributed by atoms with E-state index in [0.29, 0.717) is 5.75 Å². The minimum absolute atomic E-state index is 0.0598. The third-order valence-corrected chi connectivity index (χ3v) is 4.82. The Morgan fingerprint density at radius 3 is 2.61 bits per heavy atom. The first-order valence-electron chi connectivity index (χ1n) is 9.43. The summed E-state index contributed by atoms with van der Waals surface area (Å²) in [5.41, 5.74) is -1.16. The van der Waals surface area contributed by atoms with E-state index in [-0.39, 0.29) is 34.8 Å². The smallest absolute Gasteiger partial charge is 0.333 e. The summed E-state index contributed by atoms with van der Waals surface area (Å²) in [6, 6.07) is 4.14. The molecular weight excluding hydrogens is 434 g/mol. The summed E-state index contributed by atoms with van der Waals surface area (Å²) in [5.74, 6) is 5.43. The zero-order chi connectivity index (χ0) is 24.3. The predicted octanol–water partition coefficient (Wildman–Crippen LogP) is 0.588. The molecule has 170 valence electrons. The highest BCUT2D eigenvalue weighted by atomic mass is 16.6. The van der Waals surface area contributed by atoms with Crippen molar-refractivity contribution in [3.05, 3.63) is 66.6 Å². The van der Waals surface area contributed by atoms with Crippen LogP contribution >= 0.6 is 0 Å². The highest BCUT2D eigenvalue weighted by Crippen LogP contribution is 2.23. The molecular formula is C21H19N5O7. The van der Waals surface area contributed by atoms with Crippen molar-refractivity contribution in [1.29, 1.82) is 0 Å². The molecule has 0 bridgehead atoms. The Morgan fingerprint density at radius 1 is 1.24 bits per heavy atom. The Bertz CT molecular complexity index is 1480. The van der Waals surface area contributed by atoms with Gasteiger partial charge in [0.05, 0.1) is 25.7 Å². The van der Waals surface area contributed by atoms with Gasteiger partial charge in [-0.3, -0.25) is 24.0 Å². The number of methoxy groups -OCH3 is 2. The minimum atomic E-state index is -0.663. The third-order valence-electron chi connectivity index (χ3n) is 4.82. The monoisotopic (exact) mass is 453 g/mol. The molecule has 12 heteroatoms. The molecule has 2 heterocycles. The molecule has 0 saturated carbocycles. The van der Waals surface area contributed by atoms with E-state index in [2.05, 4.69) is 21.6 Å². The maximum absolute atomic E-state index is 12.7. The number of nitro groups is 1. The first kappa shape index (κ1) is 23.0. The highest BCUT2D eigenvalue weighted by molar-refractivity contribution is 5.87. The van der Waals surface area contributed by atoms with E-state index in [1.165, 1.54) is 54.7 Å². The van der Waals surface area contributed by atoms with Crippen molar-refractivity contribution in [3.63, 3.8) is 0 Å². The van der Waals surface area contributed by atoms with Gasteiger partial charge in [0, 0.05) is 32.3 Å². The molecule has 0 saturated heterocycles. The number of aromatic nitrogens is 4. The molecule has 2 aromatic heterocycles. The molecule has 0 atom stereocenters. The number of hydrogen-bond acceptors (Lipinski definition) is 8. The van der Waals surface area contributed by atoms with Crippen LogP contribution < -0.4 is 16.0 Å². The maximum Gasteiger partial charge on any atom is 0.333 e. The number of carbonyl (C=O) groups is 1. The van der Waals surface area contributed by atoms with Gasteiger partial charge >= 0.3 is 11.7 Å². The lowest BCUT2D eigenvalue weighted by molar-refractivity contribution is -0.385. The molecule has 0 aliphatic rings. The average Bonchev–Trinajstić information content (AvgIpc) is 3.13. The van der Waals surface area contributed by atoms with Crippen molar-refractivity contribution in [3.8, 4) is 17.6 Å². The summed E-state index contributed by atoms with van der Waals surface area (Å²) in [6.07, 6.45) is 2.49. The summed E-state index contributed by atoms with van der Waals surface area (Å²) in [7, 11) is 5.53. The number of carbonyl (C=O) groups excluding carboxylic acids is 1.